The minimum atomic E-state index is -0.378. The number of nitrogen functional groups attached to an aromatic ring is 1. The van der Waals surface area contributed by atoms with Crippen molar-refractivity contribution >= 4 is 28.4 Å². The van der Waals surface area contributed by atoms with Gasteiger partial charge in [-0.05, 0) is 32.3 Å². The van der Waals surface area contributed by atoms with E-state index in [2.05, 4.69) is 0 Å². The summed E-state index contributed by atoms with van der Waals surface area (Å²) in [7, 11) is 0. The molecule has 116 valence electrons. The molecule has 0 aliphatic carbocycles. The molecule has 0 radical (unpaired) electrons. The molecule has 0 fully saturated rings. The number of thiophene rings is 1. The summed E-state index contributed by atoms with van der Waals surface area (Å²) in [6, 6.07) is 0. The van der Waals surface area contributed by atoms with Gasteiger partial charge in [0.1, 0.15) is 5.00 Å². The van der Waals surface area contributed by atoms with E-state index in [-0.39, 0.29) is 12.1 Å². The van der Waals surface area contributed by atoms with Crippen molar-refractivity contribution in [3.8, 4) is 0 Å². The molecule has 1 aromatic heterocycles. The number of carbonyl (C=O) groups excluding carboxylic acids is 2. The van der Waals surface area contributed by atoms with E-state index in [1.807, 2.05) is 0 Å². The third-order valence-corrected chi connectivity index (χ3v) is 4.48. The molecule has 0 atom stereocenters. The molecule has 0 aromatic carbocycles. The Balaban J connectivity index is 2.19. The first kappa shape index (κ1) is 15.6. The maximum absolute atomic E-state index is 12.0. The van der Waals surface area contributed by atoms with Crippen LogP contribution in [-0.2, 0) is 22.3 Å². The zero-order valence-corrected chi connectivity index (χ0v) is 13.1. The van der Waals surface area contributed by atoms with Crippen LogP contribution >= 0.6 is 11.3 Å². The zero-order chi connectivity index (χ0) is 15.4. The van der Waals surface area contributed by atoms with Gasteiger partial charge in [0, 0.05) is 18.0 Å². The number of amides is 1. The predicted molar refractivity (Wildman–Crippen MR) is 80.7 cm³/mol. The van der Waals surface area contributed by atoms with Crippen molar-refractivity contribution in [3.63, 3.8) is 0 Å². The highest BCUT2D eigenvalue weighted by Crippen LogP contribution is 2.34. The second-order valence-corrected chi connectivity index (χ2v) is 5.79. The maximum atomic E-state index is 12.0. The molecular weight excluding hydrogens is 292 g/mol. The molecule has 1 aromatic rings. The predicted octanol–water partition coefficient (Wildman–Crippen LogP) is 2.06. The van der Waals surface area contributed by atoms with Crippen molar-refractivity contribution < 1.29 is 19.1 Å². The number of hydrogen-bond donors (Lipinski definition) is 1. The molecule has 1 aliphatic heterocycles. The number of esters is 1. The van der Waals surface area contributed by atoms with E-state index in [0.717, 1.165) is 10.4 Å². The molecule has 1 aliphatic rings. The molecular formula is C14H20N2O4S. The lowest BCUT2D eigenvalue weighted by Gasteiger charge is -2.19. The van der Waals surface area contributed by atoms with Crippen molar-refractivity contribution in [2.24, 2.45) is 0 Å². The molecule has 6 nitrogen and oxygen atoms in total. The molecule has 0 spiro atoms. The lowest BCUT2D eigenvalue weighted by Crippen LogP contribution is -2.33. The average Bonchev–Trinajstić information content (AvgIpc) is 2.62. The first-order valence-corrected chi connectivity index (χ1v) is 7.88. The fourth-order valence-electron chi connectivity index (χ4n) is 2.42. The van der Waals surface area contributed by atoms with Crippen molar-refractivity contribution in [2.45, 2.75) is 26.7 Å². The Kier molecular flexibility index (Phi) is 5.06. The second-order valence-electron chi connectivity index (χ2n) is 4.65. The highest BCUT2D eigenvalue weighted by Gasteiger charge is 2.27. The quantitative estimate of drug-likeness (QED) is 0.864. The van der Waals surface area contributed by atoms with E-state index in [1.54, 1.807) is 18.7 Å². The third-order valence-electron chi connectivity index (χ3n) is 3.36. The topological polar surface area (TPSA) is 81.9 Å². The third kappa shape index (κ3) is 3.29. The van der Waals surface area contributed by atoms with Gasteiger partial charge in [-0.25, -0.2) is 9.59 Å². The fourth-order valence-corrected chi connectivity index (χ4v) is 3.51. The number of nitrogens with two attached hydrogens (primary N) is 1. The van der Waals surface area contributed by atoms with E-state index >= 15 is 0 Å². The number of hydrogen-bond acceptors (Lipinski definition) is 6. The van der Waals surface area contributed by atoms with Crippen LogP contribution < -0.4 is 5.73 Å². The standard InChI is InChI=1S/C14H20N2O4S/c1-3-19-13(17)11-9-5-7-16(14(18)20-4-2)8-6-10(9)21-12(11)15/h3-8,15H2,1-2H3. The number of fused-ring (bicyclic) bond motifs is 1. The Bertz CT molecular complexity index is 541. The van der Waals surface area contributed by atoms with E-state index in [9.17, 15) is 9.59 Å². The number of rotatable bonds is 3. The van der Waals surface area contributed by atoms with Crippen LogP contribution in [0.1, 0.15) is 34.6 Å². The van der Waals surface area contributed by atoms with Crippen LogP contribution in [0.4, 0.5) is 9.80 Å². The van der Waals surface area contributed by atoms with Crippen LogP contribution in [0.2, 0.25) is 0 Å². The minimum Gasteiger partial charge on any atom is -0.462 e. The summed E-state index contributed by atoms with van der Waals surface area (Å²) in [5.41, 5.74) is 7.35. The Morgan fingerprint density at radius 1 is 1.19 bits per heavy atom. The Labute approximate surface area is 127 Å². The van der Waals surface area contributed by atoms with Gasteiger partial charge in [-0.3, -0.25) is 0 Å². The van der Waals surface area contributed by atoms with E-state index in [0.29, 0.717) is 49.7 Å². The molecule has 2 N–H and O–H groups in total. The van der Waals surface area contributed by atoms with Crippen molar-refractivity contribution in [3.05, 3.63) is 16.0 Å². The largest absolute Gasteiger partial charge is 0.462 e. The smallest absolute Gasteiger partial charge is 0.409 e. The highest BCUT2D eigenvalue weighted by atomic mass is 32.1. The number of carbonyl (C=O) groups is 2. The van der Waals surface area contributed by atoms with Crippen LogP contribution in [0, 0.1) is 0 Å². The molecule has 2 rings (SSSR count). The summed E-state index contributed by atoms with van der Waals surface area (Å²) in [5, 5.41) is 0.503. The highest BCUT2D eigenvalue weighted by molar-refractivity contribution is 7.16. The minimum absolute atomic E-state index is 0.307. The molecule has 0 bridgehead atoms. The first-order chi connectivity index (χ1) is 10.1. The van der Waals surface area contributed by atoms with Gasteiger partial charge in [-0.2, -0.15) is 0 Å². The summed E-state index contributed by atoms with van der Waals surface area (Å²) in [6.45, 7) is 5.33. The Morgan fingerprint density at radius 3 is 2.52 bits per heavy atom. The number of ether oxygens (including phenoxy) is 2. The molecule has 21 heavy (non-hydrogen) atoms. The summed E-state index contributed by atoms with van der Waals surface area (Å²) in [5.74, 6) is -0.378. The lowest BCUT2D eigenvalue weighted by molar-refractivity contribution is 0.0527. The zero-order valence-electron chi connectivity index (χ0n) is 12.3. The van der Waals surface area contributed by atoms with Crippen LogP contribution in [-0.4, -0.2) is 43.3 Å². The lowest BCUT2D eigenvalue weighted by atomic mass is 10.1. The van der Waals surface area contributed by atoms with Crippen molar-refractivity contribution in [1.82, 2.24) is 4.90 Å². The van der Waals surface area contributed by atoms with Gasteiger partial charge in [0.15, 0.2) is 0 Å². The summed E-state index contributed by atoms with van der Waals surface area (Å²) < 4.78 is 10.1. The van der Waals surface area contributed by atoms with Gasteiger partial charge in [0.05, 0.1) is 18.8 Å². The summed E-state index contributed by atoms with van der Waals surface area (Å²) in [6.07, 6.45) is 0.969. The molecule has 0 saturated carbocycles. The summed E-state index contributed by atoms with van der Waals surface area (Å²) in [4.78, 5) is 26.6. The van der Waals surface area contributed by atoms with Crippen LogP contribution in [0.25, 0.3) is 0 Å². The van der Waals surface area contributed by atoms with E-state index < -0.39 is 0 Å². The number of nitrogens with zero attached hydrogens (tertiary/aromatic N) is 1. The normalized spacial score (nSPS) is 14.3. The van der Waals surface area contributed by atoms with Crippen molar-refractivity contribution in [2.75, 3.05) is 32.0 Å². The monoisotopic (exact) mass is 312 g/mol. The van der Waals surface area contributed by atoms with Gasteiger partial charge in [0.2, 0.25) is 0 Å². The maximum Gasteiger partial charge on any atom is 0.409 e. The SMILES string of the molecule is CCOC(=O)c1c(N)sc2c1CCN(C(=O)OCC)CC2. The van der Waals surface area contributed by atoms with Gasteiger partial charge < -0.3 is 20.1 Å². The Morgan fingerprint density at radius 2 is 1.86 bits per heavy atom. The van der Waals surface area contributed by atoms with Gasteiger partial charge >= 0.3 is 12.1 Å². The van der Waals surface area contributed by atoms with E-state index in [1.165, 1.54) is 11.3 Å². The average molecular weight is 312 g/mol. The van der Waals surface area contributed by atoms with Gasteiger partial charge in [0.25, 0.3) is 0 Å². The van der Waals surface area contributed by atoms with Crippen LogP contribution in [0.5, 0.6) is 0 Å². The molecule has 0 saturated heterocycles. The number of anilines is 1. The Hall–Kier alpha value is -1.76. The summed E-state index contributed by atoms with van der Waals surface area (Å²) >= 11 is 1.41. The van der Waals surface area contributed by atoms with Crippen LogP contribution in [0.15, 0.2) is 0 Å². The van der Waals surface area contributed by atoms with Gasteiger partial charge in [-0.1, -0.05) is 0 Å². The molecule has 7 heteroatoms. The second kappa shape index (κ2) is 6.80. The van der Waals surface area contributed by atoms with Gasteiger partial charge in [-0.15, -0.1) is 11.3 Å². The molecule has 1 amide bonds. The molecule has 2 heterocycles. The fraction of sp³-hybridized carbons (Fsp3) is 0.571. The van der Waals surface area contributed by atoms with E-state index in [4.69, 9.17) is 15.2 Å². The van der Waals surface area contributed by atoms with Crippen LogP contribution in [0.3, 0.4) is 0 Å². The van der Waals surface area contributed by atoms with Crippen molar-refractivity contribution in [1.29, 1.82) is 0 Å². The first-order valence-electron chi connectivity index (χ1n) is 7.07. The molecule has 0 unspecified atom stereocenters.